The van der Waals surface area contributed by atoms with Crippen molar-refractivity contribution in [2.24, 2.45) is 13.0 Å². The summed E-state index contributed by atoms with van der Waals surface area (Å²) in [7, 11) is 3.72. The van der Waals surface area contributed by atoms with E-state index in [2.05, 4.69) is 30.4 Å². The highest BCUT2D eigenvalue weighted by Gasteiger charge is 2.25. The fourth-order valence-corrected chi connectivity index (χ4v) is 3.00. The Labute approximate surface area is 131 Å². The molecule has 2 rings (SSSR count). The molecule has 21 heavy (non-hydrogen) atoms. The molecule has 0 saturated heterocycles. The highest BCUT2D eigenvalue weighted by Crippen LogP contribution is 2.28. The Morgan fingerprint density at radius 1 is 1.33 bits per heavy atom. The van der Waals surface area contributed by atoms with Crippen molar-refractivity contribution < 1.29 is 4.74 Å². The molecule has 0 aliphatic rings. The van der Waals surface area contributed by atoms with Gasteiger partial charge < -0.3 is 9.30 Å². The van der Waals surface area contributed by atoms with Gasteiger partial charge in [-0.1, -0.05) is 20.8 Å². The molecule has 1 unspecified atom stereocenters. The number of methoxy groups -OCH3 is 1. The van der Waals surface area contributed by atoms with Crippen LogP contribution in [-0.4, -0.2) is 38.9 Å². The number of halogens is 1. The zero-order valence-corrected chi connectivity index (χ0v) is 14.3. The summed E-state index contributed by atoms with van der Waals surface area (Å²) in [6, 6.07) is 0.235. The summed E-state index contributed by atoms with van der Waals surface area (Å²) in [5, 5.41) is 4.59. The molecule has 0 aliphatic heterocycles. The maximum Gasteiger partial charge on any atom is 0.159 e. The van der Waals surface area contributed by atoms with E-state index in [0.717, 1.165) is 35.5 Å². The van der Waals surface area contributed by atoms with Crippen LogP contribution in [0.5, 0.6) is 0 Å². The number of ether oxygens (including phenoxy) is 1. The van der Waals surface area contributed by atoms with Gasteiger partial charge in [-0.25, -0.2) is 4.98 Å². The second kappa shape index (κ2) is 6.79. The predicted molar refractivity (Wildman–Crippen MR) is 86.1 cm³/mol. The van der Waals surface area contributed by atoms with E-state index < -0.39 is 0 Å². The van der Waals surface area contributed by atoms with Crippen molar-refractivity contribution in [3.63, 3.8) is 0 Å². The minimum atomic E-state index is 0.235. The Bertz CT molecular complexity index is 602. The molecule has 2 aromatic heterocycles. The van der Waals surface area contributed by atoms with E-state index in [1.54, 1.807) is 7.11 Å². The molecule has 0 bridgehead atoms. The molecule has 118 valence electrons. The SMILES string of the molecule is CCc1nn(C)c2c1nc(CCCl)n2C(COC)C(C)C. The molecule has 2 aromatic rings. The van der Waals surface area contributed by atoms with Crippen molar-refractivity contribution >= 4 is 22.8 Å². The Balaban J connectivity index is 2.67. The van der Waals surface area contributed by atoms with Crippen LogP contribution in [0.2, 0.25) is 0 Å². The summed E-state index contributed by atoms with van der Waals surface area (Å²) in [5.74, 6) is 2.03. The van der Waals surface area contributed by atoms with Crippen LogP contribution in [0.1, 0.15) is 38.3 Å². The molecule has 2 heterocycles. The van der Waals surface area contributed by atoms with Crippen molar-refractivity contribution in [3.05, 3.63) is 11.5 Å². The summed E-state index contributed by atoms with van der Waals surface area (Å²) in [4.78, 5) is 4.82. The summed E-state index contributed by atoms with van der Waals surface area (Å²) in [6.45, 7) is 7.18. The average Bonchev–Trinajstić information content (AvgIpc) is 2.94. The Morgan fingerprint density at radius 2 is 2.05 bits per heavy atom. The van der Waals surface area contributed by atoms with Gasteiger partial charge in [0.2, 0.25) is 0 Å². The molecule has 6 heteroatoms. The zero-order chi connectivity index (χ0) is 15.6. The number of hydrogen-bond donors (Lipinski definition) is 0. The number of nitrogens with zero attached hydrogens (tertiary/aromatic N) is 4. The zero-order valence-electron chi connectivity index (χ0n) is 13.6. The van der Waals surface area contributed by atoms with Gasteiger partial charge in [0.1, 0.15) is 11.3 Å². The molecule has 1 atom stereocenters. The standard InChI is InChI=1S/C15H25ClN4O/c1-6-11-14-15(19(4)18-11)20(13(17-14)7-8-16)12(9-21-5)10(2)3/h10,12H,6-9H2,1-5H3. The largest absolute Gasteiger partial charge is 0.383 e. The number of fused-ring (bicyclic) bond motifs is 1. The normalized spacial score (nSPS) is 13.5. The highest BCUT2D eigenvalue weighted by atomic mass is 35.5. The molecule has 0 fully saturated rings. The summed E-state index contributed by atoms with van der Waals surface area (Å²) < 4.78 is 9.64. The quantitative estimate of drug-likeness (QED) is 0.738. The Hall–Kier alpha value is -1.07. The molecule has 0 aromatic carbocycles. The topological polar surface area (TPSA) is 44.9 Å². The van der Waals surface area contributed by atoms with E-state index >= 15 is 0 Å². The molecular formula is C15H25ClN4O. The van der Waals surface area contributed by atoms with Crippen LogP contribution < -0.4 is 0 Å². The van der Waals surface area contributed by atoms with E-state index in [-0.39, 0.29) is 6.04 Å². The van der Waals surface area contributed by atoms with Crippen LogP contribution in [0.4, 0.5) is 0 Å². The van der Waals surface area contributed by atoms with E-state index in [0.29, 0.717) is 18.4 Å². The first kappa shape index (κ1) is 16.3. The van der Waals surface area contributed by atoms with Crippen LogP contribution in [0, 0.1) is 5.92 Å². The molecule has 0 N–H and O–H groups in total. The van der Waals surface area contributed by atoms with Crippen molar-refractivity contribution in [2.75, 3.05) is 19.6 Å². The average molecular weight is 313 g/mol. The number of aryl methyl sites for hydroxylation is 3. The van der Waals surface area contributed by atoms with Gasteiger partial charge in [-0.05, 0) is 12.3 Å². The summed E-state index contributed by atoms with van der Waals surface area (Å²) in [5.41, 5.74) is 3.12. The smallest absolute Gasteiger partial charge is 0.159 e. The van der Waals surface area contributed by atoms with E-state index in [1.807, 2.05) is 11.7 Å². The van der Waals surface area contributed by atoms with Gasteiger partial charge in [0.05, 0.1) is 18.3 Å². The van der Waals surface area contributed by atoms with Gasteiger partial charge in [-0.3, -0.25) is 4.68 Å². The second-order valence-electron chi connectivity index (χ2n) is 5.70. The Morgan fingerprint density at radius 3 is 2.57 bits per heavy atom. The third kappa shape index (κ3) is 2.94. The van der Waals surface area contributed by atoms with Crippen molar-refractivity contribution in [3.8, 4) is 0 Å². The highest BCUT2D eigenvalue weighted by molar-refractivity contribution is 6.17. The van der Waals surface area contributed by atoms with Crippen LogP contribution >= 0.6 is 11.6 Å². The lowest BCUT2D eigenvalue weighted by molar-refractivity contribution is 0.133. The number of alkyl halides is 1. The molecule has 0 radical (unpaired) electrons. The first-order valence-corrected chi connectivity index (χ1v) is 8.06. The molecular weight excluding hydrogens is 288 g/mol. The monoisotopic (exact) mass is 312 g/mol. The lowest BCUT2D eigenvalue weighted by Crippen LogP contribution is -2.23. The minimum Gasteiger partial charge on any atom is -0.383 e. The third-order valence-corrected chi connectivity index (χ3v) is 4.09. The molecule has 0 aliphatic carbocycles. The number of rotatable bonds is 7. The van der Waals surface area contributed by atoms with Gasteiger partial charge >= 0.3 is 0 Å². The number of imidazole rings is 1. The van der Waals surface area contributed by atoms with Gasteiger partial charge in [-0.2, -0.15) is 5.10 Å². The lowest BCUT2D eigenvalue weighted by atomic mass is 10.0. The summed E-state index contributed by atoms with van der Waals surface area (Å²) in [6.07, 6.45) is 1.64. The number of aromatic nitrogens is 4. The van der Waals surface area contributed by atoms with Crippen molar-refractivity contribution in [1.82, 2.24) is 19.3 Å². The van der Waals surface area contributed by atoms with Crippen LogP contribution in [0.25, 0.3) is 11.2 Å². The van der Waals surface area contributed by atoms with Crippen LogP contribution in [-0.2, 0) is 24.6 Å². The third-order valence-electron chi connectivity index (χ3n) is 3.90. The van der Waals surface area contributed by atoms with E-state index in [1.165, 1.54) is 0 Å². The van der Waals surface area contributed by atoms with Crippen LogP contribution in [0.15, 0.2) is 0 Å². The maximum atomic E-state index is 5.97. The second-order valence-corrected chi connectivity index (χ2v) is 6.08. The van der Waals surface area contributed by atoms with Crippen molar-refractivity contribution in [1.29, 1.82) is 0 Å². The molecule has 0 spiro atoms. The summed E-state index contributed by atoms with van der Waals surface area (Å²) >= 11 is 5.97. The minimum absolute atomic E-state index is 0.235. The first-order valence-electron chi connectivity index (χ1n) is 7.52. The fraction of sp³-hybridized carbons (Fsp3) is 0.733. The van der Waals surface area contributed by atoms with Gasteiger partial charge in [-0.15, -0.1) is 11.6 Å². The lowest BCUT2D eigenvalue weighted by Gasteiger charge is -2.24. The fourth-order valence-electron chi connectivity index (χ4n) is 2.83. The van der Waals surface area contributed by atoms with E-state index in [9.17, 15) is 0 Å². The predicted octanol–water partition coefficient (Wildman–Crippen LogP) is 2.96. The van der Waals surface area contributed by atoms with E-state index in [4.69, 9.17) is 21.3 Å². The Kier molecular flexibility index (Phi) is 5.27. The van der Waals surface area contributed by atoms with Crippen LogP contribution in [0.3, 0.4) is 0 Å². The maximum absolute atomic E-state index is 5.97. The van der Waals surface area contributed by atoms with Gasteiger partial charge in [0.25, 0.3) is 0 Å². The number of hydrogen-bond acceptors (Lipinski definition) is 3. The molecule has 0 saturated carbocycles. The molecule has 5 nitrogen and oxygen atoms in total. The van der Waals surface area contributed by atoms with Gasteiger partial charge in [0.15, 0.2) is 5.65 Å². The molecule has 0 amide bonds. The first-order chi connectivity index (χ1) is 10.0. The van der Waals surface area contributed by atoms with Crippen molar-refractivity contribution in [2.45, 2.75) is 39.7 Å². The van der Waals surface area contributed by atoms with Gasteiger partial charge in [0, 0.05) is 26.5 Å².